The first-order chi connectivity index (χ1) is 6.94. The average molecular weight is 213 g/mol. The van der Waals surface area contributed by atoms with E-state index in [0.29, 0.717) is 11.9 Å². The molecule has 0 spiro atoms. The Morgan fingerprint density at radius 1 is 1.67 bits per heavy atom. The maximum Gasteiger partial charge on any atom is 0.189 e. The fourth-order valence-corrected chi connectivity index (χ4v) is 1.61. The standard InChI is InChI=1S/C11H23N3O/c1-8(2)7-13-10(12)14-11(4)5-6-15-9(11)3/h8-9H,5-7H2,1-4H3,(H3,12,13,14). The highest BCUT2D eigenvalue weighted by molar-refractivity contribution is 5.78. The van der Waals surface area contributed by atoms with Crippen LogP contribution in [0.15, 0.2) is 4.99 Å². The summed E-state index contributed by atoms with van der Waals surface area (Å²) in [5.74, 6) is 1.07. The molecule has 0 aromatic carbocycles. The smallest absolute Gasteiger partial charge is 0.189 e. The molecule has 1 rings (SSSR count). The van der Waals surface area contributed by atoms with Gasteiger partial charge in [-0.2, -0.15) is 0 Å². The average Bonchev–Trinajstić information content (AvgIpc) is 2.44. The molecule has 2 atom stereocenters. The molecule has 4 heteroatoms. The highest BCUT2D eigenvalue weighted by atomic mass is 16.5. The van der Waals surface area contributed by atoms with E-state index in [0.717, 1.165) is 19.6 Å². The molecular formula is C11H23N3O. The van der Waals surface area contributed by atoms with Crippen molar-refractivity contribution in [3.63, 3.8) is 0 Å². The Kier molecular flexibility index (Phi) is 3.97. The topological polar surface area (TPSA) is 59.6 Å². The summed E-state index contributed by atoms with van der Waals surface area (Å²) >= 11 is 0. The SMILES string of the molecule is CC(C)CN=C(N)NC1(C)CCOC1C. The van der Waals surface area contributed by atoms with Crippen LogP contribution < -0.4 is 11.1 Å². The Balaban J connectivity index is 2.49. The first-order valence-corrected chi connectivity index (χ1v) is 5.64. The van der Waals surface area contributed by atoms with E-state index in [2.05, 4.69) is 38.0 Å². The van der Waals surface area contributed by atoms with E-state index in [1.807, 2.05) is 0 Å². The van der Waals surface area contributed by atoms with Crippen molar-refractivity contribution in [2.24, 2.45) is 16.6 Å². The number of nitrogens with two attached hydrogens (primary N) is 1. The second-order valence-electron chi connectivity index (χ2n) is 4.93. The van der Waals surface area contributed by atoms with Gasteiger partial charge in [0.2, 0.25) is 0 Å². The number of hydrogen-bond donors (Lipinski definition) is 2. The maximum atomic E-state index is 5.83. The lowest BCUT2D eigenvalue weighted by Gasteiger charge is -2.29. The monoisotopic (exact) mass is 213 g/mol. The van der Waals surface area contributed by atoms with Crippen molar-refractivity contribution < 1.29 is 4.74 Å². The van der Waals surface area contributed by atoms with Gasteiger partial charge < -0.3 is 15.8 Å². The molecule has 1 heterocycles. The van der Waals surface area contributed by atoms with Gasteiger partial charge in [-0.05, 0) is 26.2 Å². The molecule has 0 aromatic rings. The first-order valence-electron chi connectivity index (χ1n) is 5.64. The summed E-state index contributed by atoms with van der Waals surface area (Å²) in [5.41, 5.74) is 5.77. The van der Waals surface area contributed by atoms with Crippen molar-refractivity contribution in [3.8, 4) is 0 Å². The van der Waals surface area contributed by atoms with Gasteiger partial charge in [0.25, 0.3) is 0 Å². The maximum absolute atomic E-state index is 5.83. The Bertz CT molecular complexity index is 240. The Morgan fingerprint density at radius 2 is 2.33 bits per heavy atom. The van der Waals surface area contributed by atoms with Gasteiger partial charge in [-0.1, -0.05) is 13.8 Å². The van der Waals surface area contributed by atoms with Crippen LogP contribution in [0.3, 0.4) is 0 Å². The predicted molar refractivity (Wildman–Crippen MR) is 62.9 cm³/mol. The molecule has 88 valence electrons. The van der Waals surface area contributed by atoms with Gasteiger partial charge in [0.05, 0.1) is 11.6 Å². The highest BCUT2D eigenvalue weighted by Crippen LogP contribution is 2.24. The lowest BCUT2D eigenvalue weighted by atomic mass is 9.95. The summed E-state index contributed by atoms with van der Waals surface area (Å²) in [4.78, 5) is 4.29. The van der Waals surface area contributed by atoms with Gasteiger partial charge in [0, 0.05) is 13.2 Å². The molecule has 1 aliphatic rings. The van der Waals surface area contributed by atoms with Crippen molar-refractivity contribution >= 4 is 5.96 Å². The zero-order chi connectivity index (χ0) is 11.5. The number of rotatable bonds is 3. The molecule has 15 heavy (non-hydrogen) atoms. The van der Waals surface area contributed by atoms with Gasteiger partial charge in [0.15, 0.2) is 5.96 Å². The number of nitrogens with zero attached hydrogens (tertiary/aromatic N) is 1. The largest absolute Gasteiger partial charge is 0.376 e. The van der Waals surface area contributed by atoms with Gasteiger partial charge in [0.1, 0.15) is 0 Å². The number of aliphatic imine (C=N–C) groups is 1. The first kappa shape index (κ1) is 12.3. The Hall–Kier alpha value is -0.770. The minimum Gasteiger partial charge on any atom is -0.376 e. The second kappa shape index (κ2) is 4.84. The van der Waals surface area contributed by atoms with Crippen molar-refractivity contribution in [1.29, 1.82) is 0 Å². The summed E-state index contributed by atoms with van der Waals surface area (Å²) in [6, 6.07) is 0. The van der Waals surface area contributed by atoms with Gasteiger partial charge in [-0.15, -0.1) is 0 Å². The van der Waals surface area contributed by atoms with E-state index in [9.17, 15) is 0 Å². The van der Waals surface area contributed by atoms with Crippen LogP contribution >= 0.6 is 0 Å². The third kappa shape index (κ3) is 3.38. The number of ether oxygens (including phenoxy) is 1. The van der Waals surface area contributed by atoms with Gasteiger partial charge in [-0.3, -0.25) is 4.99 Å². The Morgan fingerprint density at radius 3 is 2.80 bits per heavy atom. The number of nitrogens with one attached hydrogen (secondary N) is 1. The zero-order valence-electron chi connectivity index (χ0n) is 10.2. The lowest BCUT2D eigenvalue weighted by Crippen LogP contribution is -2.53. The molecule has 1 saturated heterocycles. The Labute approximate surface area is 92.3 Å². The molecule has 0 saturated carbocycles. The van der Waals surface area contributed by atoms with Gasteiger partial charge >= 0.3 is 0 Å². The van der Waals surface area contributed by atoms with Crippen molar-refractivity contribution in [1.82, 2.24) is 5.32 Å². The summed E-state index contributed by atoms with van der Waals surface area (Å²) in [6.07, 6.45) is 1.16. The summed E-state index contributed by atoms with van der Waals surface area (Å²) in [6.45, 7) is 10.0. The summed E-state index contributed by atoms with van der Waals surface area (Å²) < 4.78 is 5.52. The van der Waals surface area contributed by atoms with E-state index in [-0.39, 0.29) is 11.6 Å². The molecule has 0 aromatic heterocycles. The van der Waals surface area contributed by atoms with Crippen LogP contribution in [-0.2, 0) is 4.74 Å². The normalized spacial score (nSPS) is 32.3. The van der Waals surface area contributed by atoms with E-state index in [1.165, 1.54) is 0 Å². The van der Waals surface area contributed by atoms with E-state index in [1.54, 1.807) is 0 Å². The van der Waals surface area contributed by atoms with Gasteiger partial charge in [-0.25, -0.2) is 0 Å². The molecule has 0 bridgehead atoms. The van der Waals surface area contributed by atoms with E-state index < -0.39 is 0 Å². The van der Waals surface area contributed by atoms with Crippen molar-refractivity contribution in [3.05, 3.63) is 0 Å². The zero-order valence-corrected chi connectivity index (χ0v) is 10.2. The molecule has 1 fully saturated rings. The van der Waals surface area contributed by atoms with Crippen LogP contribution in [0, 0.1) is 5.92 Å². The predicted octanol–water partition coefficient (Wildman–Crippen LogP) is 1.11. The van der Waals surface area contributed by atoms with Crippen molar-refractivity contribution in [2.45, 2.75) is 45.8 Å². The molecule has 0 aliphatic carbocycles. The van der Waals surface area contributed by atoms with Crippen LogP contribution in [0.2, 0.25) is 0 Å². The lowest BCUT2D eigenvalue weighted by molar-refractivity contribution is 0.0947. The number of hydrogen-bond acceptors (Lipinski definition) is 2. The van der Waals surface area contributed by atoms with Crippen LogP contribution in [0.4, 0.5) is 0 Å². The minimum atomic E-state index is -0.0649. The molecule has 0 radical (unpaired) electrons. The quantitative estimate of drug-likeness (QED) is 0.545. The van der Waals surface area contributed by atoms with Crippen LogP contribution in [-0.4, -0.2) is 30.8 Å². The fourth-order valence-electron chi connectivity index (χ4n) is 1.61. The van der Waals surface area contributed by atoms with Crippen LogP contribution in [0.1, 0.15) is 34.1 Å². The highest BCUT2D eigenvalue weighted by Gasteiger charge is 2.37. The molecule has 1 aliphatic heterocycles. The summed E-state index contributed by atoms with van der Waals surface area (Å²) in [7, 11) is 0. The molecule has 3 N–H and O–H groups in total. The fraction of sp³-hybridized carbons (Fsp3) is 0.909. The number of guanidine groups is 1. The minimum absolute atomic E-state index is 0.0649. The second-order valence-corrected chi connectivity index (χ2v) is 4.93. The summed E-state index contributed by atoms with van der Waals surface area (Å²) in [5, 5.41) is 3.26. The molecule has 0 amide bonds. The van der Waals surface area contributed by atoms with E-state index >= 15 is 0 Å². The third-order valence-corrected chi connectivity index (χ3v) is 2.93. The third-order valence-electron chi connectivity index (χ3n) is 2.93. The van der Waals surface area contributed by atoms with E-state index in [4.69, 9.17) is 10.5 Å². The van der Waals surface area contributed by atoms with Crippen LogP contribution in [0.5, 0.6) is 0 Å². The molecule has 2 unspecified atom stereocenters. The van der Waals surface area contributed by atoms with Crippen molar-refractivity contribution in [2.75, 3.05) is 13.2 Å². The van der Waals surface area contributed by atoms with Crippen LogP contribution in [0.25, 0.3) is 0 Å². The molecular weight excluding hydrogens is 190 g/mol. The molecule has 4 nitrogen and oxygen atoms in total.